The van der Waals surface area contributed by atoms with Crippen LogP contribution in [0.1, 0.15) is 32.5 Å². The highest BCUT2D eigenvalue weighted by Gasteiger charge is 2.34. The van der Waals surface area contributed by atoms with Crippen LogP contribution < -0.4 is 0 Å². The molecule has 1 aliphatic rings. The maximum absolute atomic E-state index is 9.68. The van der Waals surface area contributed by atoms with Crippen LogP contribution in [0, 0.1) is 11.3 Å². The number of hydrogen-bond donors (Lipinski definition) is 1. The number of rotatable bonds is 5. The van der Waals surface area contributed by atoms with Crippen LogP contribution in [-0.2, 0) is 17.7 Å². The van der Waals surface area contributed by atoms with Gasteiger partial charge in [-0.3, -0.25) is 0 Å². The maximum Gasteiger partial charge on any atom is 0.138 e. The highest BCUT2D eigenvalue weighted by Crippen LogP contribution is 2.31. The Morgan fingerprint density at radius 1 is 1.56 bits per heavy atom. The van der Waals surface area contributed by atoms with E-state index in [2.05, 4.69) is 23.9 Å². The van der Waals surface area contributed by atoms with E-state index in [9.17, 15) is 5.11 Å². The first-order valence-corrected chi connectivity index (χ1v) is 6.70. The van der Waals surface area contributed by atoms with E-state index in [0.717, 1.165) is 38.2 Å². The molecule has 0 aromatic carbocycles. The molecule has 0 bridgehead atoms. The van der Waals surface area contributed by atoms with Gasteiger partial charge in [-0.25, -0.2) is 9.67 Å². The minimum absolute atomic E-state index is 0.154. The quantitative estimate of drug-likeness (QED) is 0.858. The molecule has 1 atom stereocenters. The molecule has 1 aromatic rings. The Hall–Kier alpha value is -0.940. The summed E-state index contributed by atoms with van der Waals surface area (Å²) >= 11 is 0. The lowest BCUT2D eigenvalue weighted by Gasteiger charge is -2.35. The van der Waals surface area contributed by atoms with Crippen LogP contribution in [0.3, 0.4) is 0 Å². The molecule has 5 nitrogen and oxygen atoms in total. The molecule has 1 fully saturated rings. The first kappa shape index (κ1) is 13.5. The monoisotopic (exact) mass is 253 g/mol. The van der Waals surface area contributed by atoms with E-state index in [1.807, 2.05) is 4.68 Å². The number of hydrogen-bond acceptors (Lipinski definition) is 4. The molecule has 18 heavy (non-hydrogen) atoms. The summed E-state index contributed by atoms with van der Waals surface area (Å²) < 4.78 is 7.48. The van der Waals surface area contributed by atoms with Gasteiger partial charge in [0, 0.05) is 25.0 Å². The molecule has 0 radical (unpaired) electrons. The van der Waals surface area contributed by atoms with Gasteiger partial charge < -0.3 is 9.84 Å². The normalized spacial score (nSPS) is 24.7. The van der Waals surface area contributed by atoms with Crippen molar-refractivity contribution in [3.63, 3.8) is 0 Å². The summed E-state index contributed by atoms with van der Waals surface area (Å²) in [6.45, 7) is 6.78. The molecule has 1 saturated heterocycles. The molecule has 1 aromatic heterocycles. The van der Waals surface area contributed by atoms with E-state index >= 15 is 0 Å². The Balaban J connectivity index is 2.09. The average Bonchev–Trinajstić information content (AvgIpc) is 2.77. The SMILES string of the molecule is CC(C)Cn1ncnc1CC1(CO)CCCOC1. The van der Waals surface area contributed by atoms with Crippen molar-refractivity contribution in [2.45, 2.75) is 39.7 Å². The molecular formula is C13H23N3O2. The van der Waals surface area contributed by atoms with Gasteiger partial charge in [0.15, 0.2) is 0 Å². The number of aliphatic hydroxyl groups excluding tert-OH is 1. The Morgan fingerprint density at radius 3 is 3.00 bits per heavy atom. The standard InChI is InChI=1S/C13H23N3O2/c1-11(2)7-16-12(14-10-15-16)6-13(8-17)4-3-5-18-9-13/h10-11,17H,3-9H2,1-2H3. The zero-order valence-electron chi connectivity index (χ0n) is 11.3. The van der Waals surface area contributed by atoms with Gasteiger partial charge in [0.2, 0.25) is 0 Å². The smallest absolute Gasteiger partial charge is 0.138 e. The van der Waals surface area contributed by atoms with Crippen LogP contribution in [0.5, 0.6) is 0 Å². The van der Waals surface area contributed by atoms with Crippen LogP contribution in [-0.4, -0.2) is 39.7 Å². The molecule has 2 rings (SSSR count). The van der Waals surface area contributed by atoms with Gasteiger partial charge in [-0.2, -0.15) is 5.10 Å². The van der Waals surface area contributed by atoms with Crippen molar-refractivity contribution in [1.82, 2.24) is 14.8 Å². The number of nitrogens with zero attached hydrogens (tertiary/aromatic N) is 3. The second-order valence-electron chi connectivity index (χ2n) is 5.74. The number of aromatic nitrogens is 3. The third kappa shape index (κ3) is 3.09. The fourth-order valence-electron chi connectivity index (χ4n) is 2.49. The Kier molecular flexibility index (Phi) is 4.35. The lowest BCUT2D eigenvalue weighted by atomic mass is 9.80. The summed E-state index contributed by atoms with van der Waals surface area (Å²) in [6, 6.07) is 0. The molecule has 0 aliphatic carbocycles. The maximum atomic E-state index is 9.68. The molecule has 102 valence electrons. The highest BCUT2D eigenvalue weighted by atomic mass is 16.5. The van der Waals surface area contributed by atoms with E-state index in [0.29, 0.717) is 12.5 Å². The first-order chi connectivity index (χ1) is 8.65. The van der Waals surface area contributed by atoms with Crippen molar-refractivity contribution in [2.75, 3.05) is 19.8 Å². The summed E-state index contributed by atoms with van der Waals surface area (Å²) in [7, 11) is 0. The molecule has 1 aliphatic heterocycles. The van der Waals surface area contributed by atoms with E-state index in [1.54, 1.807) is 6.33 Å². The highest BCUT2D eigenvalue weighted by molar-refractivity contribution is 4.95. The Bertz CT molecular complexity index is 370. The van der Waals surface area contributed by atoms with Crippen molar-refractivity contribution in [3.05, 3.63) is 12.2 Å². The first-order valence-electron chi connectivity index (χ1n) is 6.70. The van der Waals surface area contributed by atoms with Crippen LogP contribution in [0.2, 0.25) is 0 Å². The van der Waals surface area contributed by atoms with E-state index in [4.69, 9.17) is 4.74 Å². The third-order valence-electron chi connectivity index (χ3n) is 3.51. The lowest BCUT2D eigenvalue weighted by Crippen LogP contribution is -2.38. The predicted molar refractivity (Wildman–Crippen MR) is 68.1 cm³/mol. The lowest BCUT2D eigenvalue weighted by molar-refractivity contribution is -0.0394. The Morgan fingerprint density at radius 2 is 2.39 bits per heavy atom. The zero-order valence-corrected chi connectivity index (χ0v) is 11.3. The fourth-order valence-corrected chi connectivity index (χ4v) is 2.49. The van der Waals surface area contributed by atoms with Gasteiger partial charge in [0.05, 0.1) is 13.2 Å². The Labute approximate surface area is 108 Å². The molecule has 1 N–H and O–H groups in total. The van der Waals surface area contributed by atoms with Gasteiger partial charge in [-0.05, 0) is 18.8 Å². The number of ether oxygens (including phenoxy) is 1. The summed E-state index contributed by atoms with van der Waals surface area (Å²) in [4.78, 5) is 4.34. The molecule has 5 heteroatoms. The van der Waals surface area contributed by atoms with Crippen LogP contribution in [0.4, 0.5) is 0 Å². The van der Waals surface area contributed by atoms with Gasteiger partial charge in [-0.15, -0.1) is 0 Å². The van der Waals surface area contributed by atoms with Gasteiger partial charge in [0.1, 0.15) is 12.2 Å². The topological polar surface area (TPSA) is 60.2 Å². The molecule has 1 unspecified atom stereocenters. The van der Waals surface area contributed by atoms with Crippen molar-refractivity contribution in [3.8, 4) is 0 Å². The largest absolute Gasteiger partial charge is 0.396 e. The molecule has 2 heterocycles. The predicted octanol–water partition coefficient (Wildman–Crippen LogP) is 1.27. The summed E-state index contributed by atoms with van der Waals surface area (Å²) in [5, 5.41) is 13.9. The number of aliphatic hydroxyl groups is 1. The average molecular weight is 253 g/mol. The van der Waals surface area contributed by atoms with Crippen molar-refractivity contribution < 1.29 is 9.84 Å². The van der Waals surface area contributed by atoms with E-state index in [-0.39, 0.29) is 12.0 Å². The minimum atomic E-state index is -0.167. The van der Waals surface area contributed by atoms with Crippen LogP contribution in [0.15, 0.2) is 6.33 Å². The van der Waals surface area contributed by atoms with Gasteiger partial charge >= 0.3 is 0 Å². The molecule has 0 saturated carbocycles. The van der Waals surface area contributed by atoms with Crippen molar-refractivity contribution >= 4 is 0 Å². The second kappa shape index (κ2) is 5.80. The molecular weight excluding hydrogens is 230 g/mol. The molecule has 0 spiro atoms. The van der Waals surface area contributed by atoms with Crippen molar-refractivity contribution in [1.29, 1.82) is 0 Å². The van der Waals surface area contributed by atoms with E-state index < -0.39 is 0 Å². The summed E-state index contributed by atoms with van der Waals surface area (Å²) in [5.41, 5.74) is -0.167. The zero-order chi connectivity index (χ0) is 13.0. The van der Waals surface area contributed by atoms with E-state index in [1.165, 1.54) is 0 Å². The third-order valence-corrected chi connectivity index (χ3v) is 3.51. The second-order valence-corrected chi connectivity index (χ2v) is 5.74. The molecule has 0 amide bonds. The van der Waals surface area contributed by atoms with Crippen LogP contribution >= 0.6 is 0 Å². The fraction of sp³-hybridized carbons (Fsp3) is 0.846. The summed E-state index contributed by atoms with van der Waals surface area (Å²) in [6.07, 6.45) is 4.36. The van der Waals surface area contributed by atoms with Crippen molar-refractivity contribution in [2.24, 2.45) is 11.3 Å². The summed E-state index contributed by atoms with van der Waals surface area (Å²) in [5.74, 6) is 1.50. The van der Waals surface area contributed by atoms with Gasteiger partial charge in [-0.1, -0.05) is 13.8 Å². The van der Waals surface area contributed by atoms with Crippen LogP contribution in [0.25, 0.3) is 0 Å². The minimum Gasteiger partial charge on any atom is -0.396 e. The van der Waals surface area contributed by atoms with Gasteiger partial charge in [0.25, 0.3) is 0 Å².